The summed E-state index contributed by atoms with van der Waals surface area (Å²) < 4.78 is 4.95. The summed E-state index contributed by atoms with van der Waals surface area (Å²) in [4.78, 5) is 25.7. The van der Waals surface area contributed by atoms with Crippen molar-refractivity contribution in [1.82, 2.24) is 4.98 Å². The maximum absolute atomic E-state index is 11.4. The van der Waals surface area contributed by atoms with Gasteiger partial charge in [-0.15, -0.1) is 11.8 Å². The molecule has 1 aliphatic heterocycles. The first-order chi connectivity index (χ1) is 8.50. The molecule has 0 spiro atoms. The van der Waals surface area contributed by atoms with E-state index in [4.69, 9.17) is 10.2 Å². The van der Waals surface area contributed by atoms with Gasteiger partial charge in [0.2, 0.25) is 0 Å². The van der Waals surface area contributed by atoms with Crippen LogP contribution in [0.25, 0.3) is 11.1 Å². The minimum Gasteiger partial charge on any atom is -0.480 e. The third-order valence-electron chi connectivity index (χ3n) is 3.14. The lowest BCUT2D eigenvalue weighted by Gasteiger charge is -2.31. The van der Waals surface area contributed by atoms with Gasteiger partial charge >= 0.3 is 11.7 Å². The summed E-state index contributed by atoms with van der Waals surface area (Å²) in [6.07, 6.45) is 0.355. The monoisotopic (exact) mass is 266 g/mol. The Hall–Kier alpha value is -1.73. The van der Waals surface area contributed by atoms with Crippen molar-refractivity contribution in [3.63, 3.8) is 0 Å². The SMILES string of the molecule is NC1(C(=O)O)CCSc2cc3oc(=O)[nH]c3cc21. The standard InChI is InChI=1S/C11H10N2O4S/c12-11(9(14)15)1-2-18-8-4-7-6(3-5(8)11)13-10(16)17-7/h3-4H,1-2,12H2,(H,13,16)(H,14,15). The van der Waals surface area contributed by atoms with E-state index >= 15 is 0 Å². The second-order valence-electron chi connectivity index (χ2n) is 4.23. The van der Waals surface area contributed by atoms with Gasteiger partial charge in [0.05, 0.1) is 5.52 Å². The number of thioether (sulfide) groups is 1. The molecule has 1 atom stereocenters. The lowest BCUT2D eigenvalue weighted by Crippen LogP contribution is -2.47. The third-order valence-corrected chi connectivity index (χ3v) is 4.19. The number of aliphatic carboxylic acids is 1. The first-order valence-electron chi connectivity index (χ1n) is 5.33. The molecule has 0 saturated carbocycles. The molecule has 3 rings (SSSR count). The number of aromatic nitrogens is 1. The van der Waals surface area contributed by atoms with E-state index in [1.807, 2.05) is 0 Å². The normalized spacial score (nSPS) is 22.9. The van der Waals surface area contributed by atoms with Crippen LogP contribution in [0.1, 0.15) is 12.0 Å². The number of H-pyrrole nitrogens is 1. The van der Waals surface area contributed by atoms with Crippen LogP contribution in [0.5, 0.6) is 0 Å². The quantitative estimate of drug-likeness (QED) is 0.706. The number of benzene rings is 1. The Morgan fingerprint density at radius 3 is 3.06 bits per heavy atom. The highest BCUT2D eigenvalue weighted by Crippen LogP contribution is 2.40. The van der Waals surface area contributed by atoms with Crippen LogP contribution in [0.4, 0.5) is 0 Å². The molecule has 1 aromatic carbocycles. The van der Waals surface area contributed by atoms with Gasteiger partial charge in [0.1, 0.15) is 5.54 Å². The summed E-state index contributed by atoms with van der Waals surface area (Å²) in [6.45, 7) is 0. The van der Waals surface area contributed by atoms with Gasteiger partial charge in [0, 0.05) is 10.6 Å². The van der Waals surface area contributed by atoms with Gasteiger partial charge in [0.15, 0.2) is 5.58 Å². The summed E-state index contributed by atoms with van der Waals surface area (Å²) in [6, 6.07) is 3.26. The number of nitrogens with one attached hydrogen (secondary N) is 1. The number of oxazole rings is 1. The maximum atomic E-state index is 11.4. The molecular weight excluding hydrogens is 256 g/mol. The number of hydrogen-bond donors (Lipinski definition) is 3. The number of nitrogens with two attached hydrogens (primary N) is 1. The molecule has 0 radical (unpaired) electrons. The summed E-state index contributed by atoms with van der Waals surface area (Å²) in [5.74, 6) is -1.000. The van der Waals surface area contributed by atoms with Crippen molar-refractivity contribution in [2.24, 2.45) is 5.73 Å². The molecule has 94 valence electrons. The lowest BCUT2D eigenvalue weighted by atomic mass is 9.87. The molecule has 1 aliphatic rings. The number of carboxylic acids is 1. The van der Waals surface area contributed by atoms with E-state index in [0.29, 0.717) is 28.8 Å². The van der Waals surface area contributed by atoms with Crippen molar-refractivity contribution < 1.29 is 14.3 Å². The molecule has 1 unspecified atom stereocenters. The molecule has 0 amide bonds. The molecule has 2 aromatic rings. The molecule has 0 bridgehead atoms. The molecule has 4 N–H and O–H groups in total. The Labute approximate surface area is 105 Å². The molecule has 2 heterocycles. The third kappa shape index (κ3) is 1.48. The minimum absolute atomic E-state index is 0.355. The van der Waals surface area contributed by atoms with Gasteiger partial charge in [-0.05, 0) is 24.1 Å². The van der Waals surface area contributed by atoms with Gasteiger partial charge in [-0.1, -0.05) is 0 Å². The minimum atomic E-state index is -1.40. The van der Waals surface area contributed by atoms with E-state index in [1.54, 1.807) is 12.1 Å². The summed E-state index contributed by atoms with van der Waals surface area (Å²) in [5, 5.41) is 9.29. The number of carbonyl (C=O) groups is 1. The topological polar surface area (TPSA) is 109 Å². The van der Waals surface area contributed by atoms with Crippen LogP contribution in [0.15, 0.2) is 26.2 Å². The van der Waals surface area contributed by atoms with E-state index in [0.717, 1.165) is 4.90 Å². The smallest absolute Gasteiger partial charge is 0.417 e. The van der Waals surface area contributed by atoms with Crippen molar-refractivity contribution in [3.8, 4) is 0 Å². The molecule has 0 saturated heterocycles. The van der Waals surface area contributed by atoms with Crippen LogP contribution in [0.3, 0.4) is 0 Å². The fraction of sp³-hybridized carbons (Fsp3) is 0.273. The Kier molecular flexibility index (Phi) is 2.29. The highest BCUT2D eigenvalue weighted by molar-refractivity contribution is 7.99. The second-order valence-corrected chi connectivity index (χ2v) is 5.37. The molecule has 6 nitrogen and oxygen atoms in total. The van der Waals surface area contributed by atoms with Crippen molar-refractivity contribution in [2.45, 2.75) is 16.9 Å². The van der Waals surface area contributed by atoms with Gasteiger partial charge in [-0.3, -0.25) is 4.98 Å². The Morgan fingerprint density at radius 1 is 1.56 bits per heavy atom. The van der Waals surface area contributed by atoms with Crippen molar-refractivity contribution in [3.05, 3.63) is 28.2 Å². The zero-order chi connectivity index (χ0) is 12.9. The van der Waals surface area contributed by atoms with Gasteiger partial charge in [0.25, 0.3) is 0 Å². The molecule has 0 aliphatic carbocycles. The van der Waals surface area contributed by atoms with E-state index in [-0.39, 0.29) is 0 Å². The van der Waals surface area contributed by atoms with Crippen LogP contribution >= 0.6 is 11.8 Å². The maximum Gasteiger partial charge on any atom is 0.417 e. The predicted molar refractivity (Wildman–Crippen MR) is 65.7 cm³/mol. The van der Waals surface area contributed by atoms with E-state index in [9.17, 15) is 14.7 Å². The number of rotatable bonds is 1. The zero-order valence-corrected chi connectivity index (χ0v) is 10.0. The fourth-order valence-corrected chi connectivity index (χ4v) is 3.36. The number of fused-ring (bicyclic) bond motifs is 2. The fourth-order valence-electron chi connectivity index (χ4n) is 2.13. The van der Waals surface area contributed by atoms with Crippen LogP contribution < -0.4 is 11.5 Å². The first kappa shape index (κ1) is 11.4. The number of carboxylic acid groups (broad SMARTS) is 1. The van der Waals surface area contributed by atoms with Crippen LogP contribution in [-0.2, 0) is 10.3 Å². The number of hydrogen-bond acceptors (Lipinski definition) is 5. The van der Waals surface area contributed by atoms with Crippen molar-refractivity contribution >= 4 is 28.8 Å². The highest BCUT2D eigenvalue weighted by Gasteiger charge is 2.40. The van der Waals surface area contributed by atoms with E-state index < -0.39 is 17.3 Å². The van der Waals surface area contributed by atoms with Crippen LogP contribution in [0, 0.1) is 0 Å². The molecular formula is C11H10N2O4S. The largest absolute Gasteiger partial charge is 0.480 e. The first-order valence-corrected chi connectivity index (χ1v) is 6.32. The summed E-state index contributed by atoms with van der Waals surface area (Å²) in [7, 11) is 0. The summed E-state index contributed by atoms with van der Waals surface area (Å²) >= 11 is 1.51. The average Bonchev–Trinajstić information content (AvgIpc) is 2.66. The highest BCUT2D eigenvalue weighted by atomic mass is 32.2. The number of aromatic amines is 1. The van der Waals surface area contributed by atoms with Gasteiger partial charge < -0.3 is 15.3 Å². The molecule has 0 fully saturated rings. The van der Waals surface area contributed by atoms with Gasteiger partial charge in [-0.2, -0.15) is 0 Å². The second kappa shape index (κ2) is 3.63. The van der Waals surface area contributed by atoms with Gasteiger partial charge in [-0.25, -0.2) is 9.59 Å². The molecule has 18 heavy (non-hydrogen) atoms. The zero-order valence-electron chi connectivity index (χ0n) is 9.23. The van der Waals surface area contributed by atoms with Crippen molar-refractivity contribution in [1.29, 1.82) is 0 Å². The Morgan fingerprint density at radius 2 is 2.33 bits per heavy atom. The van der Waals surface area contributed by atoms with Crippen LogP contribution in [0.2, 0.25) is 0 Å². The molecule has 1 aromatic heterocycles. The van der Waals surface area contributed by atoms with E-state index in [2.05, 4.69) is 4.98 Å². The van der Waals surface area contributed by atoms with Crippen molar-refractivity contribution in [2.75, 3.05) is 5.75 Å². The molecule has 7 heteroatoms. The summed E-state index contributed by atoms with van der Waals surface area (Å²) in [5.41, 5.74) is 5.99. The van der Waals surface area contributed by atoms with Crippen LogP contribution in [-0.4, -0.2) is 21.8 Å². The lowest BCUT2D eigenvalue weighted by molar-refractivity contribution is -0.144. The predicted octanol–water partition coefficient (Wildman–Crippen LogP) is 0.855. The Bertz CT molecular complexity index is 705. The average molecular weight is 266 g/mol. The van der Waals surface area contributed by atoms with E-state index in [1.165, 1.54) is 11.8 Å². The Balaban J connectivity index is 2.31.